The number of Topliss-reactive ketones (excluding diaryl/α,β-unsaturated/α-hetero) is 1. The molecular weight excluding hydrogens is 412 g/mol. The van der Waals surface area contributed by atoms with E-state index in [0.29, 0.717) is 12.1 Å². The molecule has 0 spiro atoms. The highest BCUT2D eigenvalue weighted by atomic mass is 32.1. The Morgan fingerprint density at radius 1 is 1.13 bits per heavy atom. The van der Waals surface area contributed by atoms with Gasteiger partial charge in [0.15, 0.2) is 5.78 Å². The highest BCUT2D eigenvalue weighted by Crippen LogP contribution is 2.33. The van der Waals surface area contributed by atoms with Crippen molar-refractivity contribution in [3.05, 3.63) is 35.1 Å². The van der Waals surface area contributed by atoms with Gasteiger partial charge >= 0.3 is 6.09 Å². The lowest BCUT2D eigenvalue weighted by Gasteiger charge is -2.38. The third kappa shape index (κ3) is 5.49. The van der Waals surface area contributed by atoms with Gasteiger partial charge in [0.05, 0.1) is 39.6 Å². The number of piperidine rings is 1. The lowest BCUT2D eigenvalue weighted by atomic mass is 10.0. The first kappa shape index (κ1) is 21.9. The van der Waals surface area contributed by atoms with Crippen LogP contribution in [-0.2, 0) is 11.3 Å². The molecule has 0 bridgehead atoms. The highest BCUT2D eigenvalue weighted by molar-refractivity contribution is 7.17. The van der Waals surface area contributed by atoms with Crippen LogP contribution in [0.15, 0.2) is 24.5 Å². The molecule has 2 fully saturated rings. The first-order chi connectivity index (χ1) is 14.9. The van der Waals surface area contributed by atoms with Gasteiger partial charge < -0.3 is 9.64 Å². The SMILES string of the molecule is CC(=O)c1ccc(-c2cnc(CN(C3CC3)C3CCN(C(=O)OC(C)C)CC3)cn2)s1. The van der Waals surface area contributed by atoms with Gasteiger partial charge in [0.25, 0.3) is 0 Å². The fraction of sp³-hybridized carbons (Fsp3) is 0.565. The number of nitrogens with zero attached hydrogens (tertiary/aromatic N) is 4. The second-order valence-electron chi connectivity index (χ2n) is 8.67. The Hall–Kier alpha value is -2.32. The maximum atomic E-state index is 12.2. The van der Waals surface area contributed by atoms with E-state index in [0.717, 1.165) is 53.6 Å². The maximum absolute atomic E-state index is 12.2. The molecule has 2 aliphatic rings. The molecular formula is C23H30N4O3S. The van der Waals surface area contributed by atoms with Crippen molar-refractivity contribution < 1.29 is 14.3 Å². The number of aromatic nitrogens is 2. The predicted octanol–water partition coefficient (Wildman–Crippen LogP) is 4.38. The van der Waals surface area contributed by atoms with Crippen molar-refractivity contribution in [2.75, 3.05) is 13.1 Å². The number of amides is 1. The fourth-order valence-electron chi connectivity index (χ4n) is 4.03. The van der Waals surface area contributed by atoms with E-state index in [9.17, 15) is 9.59 Å². The Morgan fingerprint density at radius 2 is 1.84 bits per heavy atom. The third-order valence-corrected chi connectivity index (χ3v) is 7.01. The summed E-state index contributed by atoms with van der Waals surface area (Å²) >= 11 is 1.45. The van der Waals surface area contributed by atoms with Crippen LogP contribution in [0.4, 0.5) is 4.79 Å². The Kier molecular flexibility index (Phi) is 6.67. The summed E-state index contributed by atoms with van der Waals surface area (Å²) in [6.07, 6.45) is 7.74. The van der Waals surface area contributed by atoms with Crippen LogP contribution in [0.5, 0.6) is 0 Å². The molecule has 1 saturated carbocycles. The summed E-state index contributed by atoms with van der Waals surface area (Å²) in [6.45, 7) is 7.59. The van der Waals surface area contributed by atoms with Crippen molar-refractivity contribution in [1.29, 1.82) is 0 Å². The molecule has 7 nitrogen and oxygen atoms in total. The number of ketones is 1. The van der Waals surface area contributed by atoms with Crippen molar-refractivity contribution in [1.82, 2.24) is 19.8 Å². The molecule has 3 heterocycles. The minimum absolute atomic E-state index is 0.0735. The van der Waals surface area contributed by atoms with Crippen LogP contribution in [-0.4, -0.2) is 62.9 Å². The molecule has 0 radical (unpaired) electrons. The Morgan fingerprint density at radius 3 is 2.39 bits per heavy atom. The van der Waals surface area contributed by atoms with Gasteiger partial charge in [-0.3, -0.25) is 19.7 Å². The van der Waals surface area contributed by atoms with Crippen molar-refractivity contribution >= 4 is 23.2 Å². The topological polar surface area (TPSA) is 75.6 Å². The standard InChI is InChI=1S/C23H30N4O3S/c1-15(2)30-23(29)26-10-8-19(9-11-26)27(18-4-5-18)14-17-12-25-20(13-24-17)22-7-6-21(31-22)16(3)28/h6-7,12-13,15,18-19H,4-5,8-11,14H2,1-3H3. The van der Waals surface area contributed by atoms with E-state index in [2.05, 4.69) is 14.9 Å². The summed E-state index contributed by atoms with van der Waals surface area (Å²) in [6, 6.07) is 4.83. The first-order valence-electron chi connectivity index (χ1n) is 11.0. The lowest BCUT2D eigenvalue weighted by molar-refractivity contribution is 0.0515. The summed E-state index contributed by atoms with van der Waals surface area (Å²) in [5, 5.41) is 0. The van der Waals surface area contributed by atoms with Crippen LogP contribution in [0, 0.1) is 0 Å². The predicted molar refractivity (Wildman–Crippen MR) is 120 cm³/mol. The van der Waals surface area contributed by atoms with E-state index < -0.39 is 0 Å². The zero-order valence-electron chi connectivity index (χ0n) is 18.4. The molecule has 1 aliphatic heterocycles. The smallest absolute Gasteiger partial charge is 0.410 e. The van der Waals surface area contributed by atoms with Gasteiger partial charge in [0, 0.05) is 31.7 Å². The van der Waals surface area contributed by atoms with E-state index >= 15 is 0 Å². The van der Waals surface area contributed by atoms with Crippen molar-refractivity contribution in [3.63, 3.8) is 0 Å². The molecule has 166 valence electrons. The average molecular weight is 443 g/mol. The summed E-state index contributed by atoms with van der Waals surface area (Å²) in [4.78, 5) is 39.0. The minimum Gasteiger partial charge on any atom is -0.447 e. The molecule has 31 heavy (non-hydrogen) atoms. The van der Waals surface area contributed by atoms with E-state index in [1.54, 1.807) is 13.1 Å². The molecule has 1 amide bonds. The summed E-state index contributed by atoms with van der Waals surface area (Å²) in [5.41, 5.74) is 1.76. The van der Waals surface area contributed by atoms with Crippen LogP contribution >= 0.6 is 11.3 Å². The van der Waals surface area contributed by atoms with Crippen LogP contribution in [0.25, 0.3) is 10.6 Å². The van der Waals surface area contributed by atoms with E-state index in [-0.39, 0.29) is 18.0 Å². The molecule has 0 aromatic carbocycles. The fourth-order valence-corrected chi connectivity index (χ4v) is 4.90. The van der Waals surface area contributed by atoms with Gasteiger partial charge in [-0.15, -0.1) is 11.3 Å². The largest absolute Gasteiger partial charge is 0.447 e. The van der Waals surface area contributed by atoms with Crippen molar-refractivity contribution in [2.45, 2.75) is 71.2 Å². The van der Waals surface area contributed by atoms with E-state index in [4.69, 9.17) is 4.74 Å². The third-order valence-electron chi connectivity index (χ3n) is 5.80. The van der Waals surface area contributed by atoms with Gasteiger partial charge in [-0.1, -0.05) is 0 Å². The second kappa shape index (κ2) is 9.44. The molecule has 1 aliphatic carbocycles. The van der Waals surface area contributed by atoms with E-state index in [1.807, 2.05) is 37.1 Å². The minimum atomic E-state index is -0.200. The molecule has 1 saturated heterocycles. The van der Waals surface area contributed by atoms with Gasteiger partial charge in [0.1, 0.15) is 0 Å². The van der Waals surface area contributed by atoms with Crippen LogP contribution in [0.3, 0.4) is 0 Å². The number of ether oxygens (including phenoxy) is 1. The Labute approximate surface area is 187 Å². The zero-order chi connectivity index (χ0) is 22.0. The number of carbonyl (C=O) groups is 2. The number of likely N-dealkylation sites (tertiary alicyclic amines) is 1. The molecule has 8 heteroatoms. The number of rotatable bonds is 7. The summed E-state index contributed by atoms with van der Waals surface area (Å²) in [7, 11) is 0. The second-order valence-corrected chi connectivity index (χ2v) is 9.75. The Bertz CT molecular complexity index is 915. The molecule has 2 aromatic rings. The summed E-state index contributed by atoms with van der Waals surface area (Å²) in [5.74, 6) is 0.0735. The van der Waals surface area contributed by atoms with Crippen LogP contribution < -0.4 is 0 Å². The molecule has 0 atom stereocenters. The first-order valence-corrected chi connectivity index (χ1v) is 11.9. The number of thiophene rings is 1. The van der Waals surface area contributed by atoms with Gasteiger partial charge in [-0.2, -0.15) is 0 Å². The summed E-state index contributed by atoms with van der Waals surface area (Å²) < 4.78 is 5.34. The normalized spacial score (nSPS) is 17.4. The molecule has 0 unspecified atom stereocenters. The van der Waals surface area contributed by atoms with Gasteiger partial charge in [-0.05, 0) is 58.6 Å². The maximum Gasteiger partial charge on any atom is 0.410 e. The van der Waals surface area contributed by atoms with E-state index in [1.165, 1.54) is 24.2 Å². The van der Waals surface area contributed by atoms with Crippen LogP contribution in [0.1, 0.15) is 61.8 Å². The zero-order valence-corrected chi connectivity index (χ0v) is 19.2. The van der Waals surface area contributed by atoms with Gasteiger partial charge in [-0.25, -0.2) is 4.79 Å². The van der Waals surface area contributed by atoms with Crippen molar-refractivity contribution in [3.8, 4) is 10.6 Å². The number of hydrogen-bond acceptors (Lipinski definition) is 7. The van der Waals surface area contributed by atoms with Gasteiger partial charge in [0.2, 0.25) is 0 Å². The number of hydrogen-bond donors (Lipinski definition) is 0. The lowest BCUT2D eigenvalue weighted by Crippen LogP contribution is -2.47. The molecule has 2 aromatic heterocycles. The Balaban J connectivity index is 1.37. The van der Waals surface area contributed by atoms with Crippen LogP contribution in [0.2, 0.25) is 0 Å². The van der Waals surface area contributed by atoms with Crippen molar-refractivity contribution in [2.24, 2.45) is 0 Å². The molecule has 0 N–H and O–H groups in total. The number of carbonyl (C=O) groups excluding carboxylic acids is 2. The monoisotopic (exact) mass is 442 g/mol. The quantitative estimate of drug-likeness (QED) is 0.592. The molecule has 4 rings (SSSR count). The average Bonchev–Trinajstić information content (AvgIpc) is 3.47. The highest BCUT2D eigenvalue weighted by Gasteiger charge is 2.36.